The maximum atomic E-state index is 11.4. The number of carboxylic acid groups (broad SMARTS) is 1. The molecule has 0 saturated heterocycles. The minimum absolute atomic E-state index is 0.0401. The number of ether oxygens (including phenoxy) is 1. The summed E-state index contributed by atoms with van der Waals surface area (Å²) < 4.78 is 5.12. The molecule has 5 nitrogen and oxygen atoms in total. The van der Waals surface area contributed by atoms with Crippen LogP contribution < -0.4 is 10.1 Å². The summed E-state index contributed by atoms with van der Waals surface area (Å²) in [5, 5.41) is 11.0. The lowest BCUT2D eigenvalue weighted by molar-refractivity contribution is -0.136. The van der Waals surface area contributed by atoms with Gasteiger partial charge in [-0.25, -0.2) is 0 Å². The molecule has 2 N–H and O–H groups in total. The van der Waals surface area contributed by atoms with Gasteiger partial charge < -0.3 is 15.2 Å². The number of aryl methyl sites for hydroxylation is 1. The van der Waals surface area contributed by atoms with E-state index in [0.717, 1.165) is 24.2 Å². The zero-order valence-electron chi connectivity index (χ0n) is 11.0. The first-order valence-corrected chi connectivity index (χ1v) is 6.23. The summed E-state index contributed by atoms with van der Waals surface area (Å²) in [5.41, 5.74) is 1.12. The van der Waals surface area contributed by atoms with Crippen molar-refractivity contribution < 1.29 is 19.4 Å². The summed E-state index contributed by atoms with van der Waals surface area (Å²) in [6.07, 6.45) is 1.88. The second kappa shape index (κ2) is 8.13. The fourth-order valence-corrected chi connectivity index (χ4v) is 1.68. The van der Waals surface area contributed by atoms with Crippen molar-refractivity contribution >= 4 is 11.9 Å². The van der Waals surface area contributed by atoms with Gasteiger partial charge in [0.25, 0.3) is 0 Å². The molecule has 0 aromatic heterocycles. The van der Waals surface area contributed by atoms with Gasteiger partial charge in [-0.3, -0.25) is 9.59 Å². The van der Waals surface area contributed by atoms with Gasteiger partial charge in [0.1, 0.15) is 5.75 Å². The van der Waals surface area contributed by atoms with E-state index in [1.165, 1.54) is 0 Å². The Kier molecular flexibility index (Phi) is 6.43. The SMILES string of the molecule is COc1cccc(CCCC(=O)NCCC(=O)O)c1. The van der Waals surface area contributed by atoms with Gasteiger partial charge in [-0.15, -0.1) is 0 Å². The predicted molar refractivity (Wildman–Crippen MR) is 71.2 cm³/mol. The number of nitrogens with one attached hydrogen (secondary N) is 1. The van der Waals surface area contributed by atoms with Gasteiger partial charge in [-0.05, 0) is 30.5 Å². The van der Waals surface area contributed by atoms with Gasteiger partial charge in [0.2, 0.25) is 5.91 Å². The Morgan fingerprint density at radius 2 is 2.11 bits per heavy atom. The van der Waals surface area contributed by atoms with E-state index in [9.17, 15) is 9.59 Å². The average Bonchev–Trinajstić information content (AvgIpc) is 2.38. The van der Waals surface area contributed by atoms with Gasteiger partial charge in [-0.1, -0.05) is 12.1 Å². The average molecular weight is 265 g/mol. The normalized spacial score (nSPS) is 9.95. The van der Waals surface area contributed by atoms with E-state index in [-0.39, 0.29) is 18.9 Å². The van der Waals surface area contributed by atoms with E-state index in [1.54, 1.807) is 7.11 Å². The second-order valence-electron chi connectivity index (χ2n) is 4.20. The molecule has 104 valence electrons. The lowest BCUT2D eigenvalue weighted by Gasteiger charge is -2.05. The molecule has 0 radical (unpaired) electrons. The van der Waals surface area contributed by atoms with Crippen molar-refractivity contribution in [2.45, 2.75) is 25.7 Å². The van der Waals surface area contributed by atoms with Crippen molar-refractivity contribution in [2.75, 3.05) is 13.7 Å². The van der Waals surface area contributed by atoms with E-state index >= 15 is 0 Å². The lowest BCUT2D eigenvalue weighted by Crippen LogP contribution is -2.25. The predicted octanol–water partition coefficient (Wildman–Crippen LogP) is 1.61. The third-order valence-electron chi connectivity index (χ3n) is 2.66. The Morgan fingerprint density at radius 1 is 1.32 bits per heavy atom. The molecule has 0 aliphatic rings. The molecule has 5 heteroatoms. The molecule has 1 amide bonds. The van der Waals surface area contributed by atoms with Crippen LogP contribution in [-0.2, 0) is 16.0 Å². The highest BCUT2D eigenvalue weighted by Crippen LogP contribution is 2.14. The number of hydrogen-bond acceptors (Lipinski definition) is 3. The van der Waals surface area contributed by atoms with Crippen molar-refractivity contribution in [2.24, 2.45) is 0 Å². The van der Waals surface area contributed by atoms with E-state index in [0.29, 0.717) is 6.42 Å². The number of amides is 1. The molecule has 19 heavy (non-hydrogen) atoms. The first-order valence-electron chi connectivity index (χ1n) is 6.23. The number of benzene rings is 1. The van der Waals surface area contributed by atoms with Crippen LogP contribution in [0.15, 0.2) is 24.3 Å². The van der Waals surface area contributed by atoms with E-state index < -0.39 is 5.97 Å². The molecule has 0 unspecified atom stereocenters. The molecule has 0 fully saturated rings. The van der Waals surface area contributed by atoms with Crippen LogP contribution in [0.4, 0.5) is 0 Å². The molecule has 0 heterocycles. The molecule has 0 atom stereocenters. The third-order valence-corrected chi connectivity index (χ3v) is 2.66. The second-order valence-corrected chi connectivity index (χ2v) is 4.20. The number of carboxylic acids is 1. The van der Waals surface area contributed by atoms with Gasteiger partial charge in [0.15, 0.2) is 0 Å². The van der Waals surface area contributed by atoms with Crippen molar-refractivity contribution in [3.05, 3.63) is 29.8 Å². The largest absolute Gasteiger partial charge is 0.497 e. The molecule has 0 aliphatic heterocycles. The van der Waals surface area contributed by atoms with E-state index in [2.05, 4.69) is 5.32 Å². The van der Waals surface area contributed by atoms with Crippen LogP contribution in [0.3, 0.4) is 0 Å². The molecular formula is C14H19NO4. The smallest absolute Gasteiger partial charge is 0.305 e. The van der Waals surface area contributed by atoms with Gasteiger partial charge in [0, 0.05) is 13.0 Å². The Balaban J connectivity index is 2.22. The number of rotatable bonds is 8. The number of carbonyl (C=O) groups excluding carboxylic acids is 1. The highest BCUT2D eigenvalue weighted by atomic mass is 16.5. The van der Waals surface area contributed by atoms with Crippen LogP contribution in [0.2, 0.25) is 0 Å². The maximum absolute atomic E-state index is 11.4. The highest BCUT2D eigenvalue weighted by Gasteiger charge is 2.03. The standard InChI is InChI=1S/C14H19NO4/c1-19-12-6-2-4-11(10-12)5-3-7-13(16)15-9-8-14(17)18/h2,4,6,10H,3,5,7-9H2,1H3,(H,15,16)(H,17,18). The summed E-state index contributed by atoms with van der Waals surface area (Å²) in [7, 11) is 1.62. The van der Waals surface area contributed by atoms with Gasteiger partial charge in [0.05, 0.1) is 13.5 Å². The third kappa shape index (κ3) is 6.45. The monoisotopic (exact) mass is 265 g/mol. The van der Waals surface area contributed by atoms with Crippen LogP contribution in [0, 0.1) is 0 Å². The highest BCUT2D eigenvalue weighted by molar-refractivity contribution is 5.76. The number of methoxy groups -OCH3 is 1. The molecule has 0 saturated carbocycles. The minimum Gasteiger partial charge on any atom is -0.497 e. The van der Waals surface area contributed by atoms with Crippen molar-refractivity contribution in [3.8, 4) is 5.75 Å². The fourth-order valence-electron chi connectivity index (χ4n) is 1.68. The van der Waals surface area contributed by atoms with E-state index in [1.807, 2.05) is 24.3 Å². The van der Waals surface area contributed by atoms with Crippen molar-refractivity contribution in [1.82, 2.24) is 5.32 Å². The zero-order valence-corrected chi connectivity index (χ0v) is 11.0. The minimum atomic E-state index is -0.906. The summed E-state index contributed by atoms with van der Waals surface area (Å²) in [6.45, 7) is 0.188. The van der Waals surface area contributed by atoms with Crippen LogP contribution in [0.1, 0.15) is 24.8 Å². The van der Waals surface area contributed by atoms with Gasteiger partial charge >= 0.3 is 5.97 Å². The summed E-state index contributed by atoms with van der Waals surface area (Å²) in [4.78, 5) is 21.7. The van der Waals surface area contributed by atoms with Crippen LogP contribution in [-0.4, -0.2) is 30.6 Å². The first kappa shape index (κ1) is 15.0. The maximum Gasteiger partial charge on any atom is 0.305 e. The number of carbonyl (C=O) groups is 2. The van der Waals surface area contributed by atoms with Crippen molar-refractivity contribution in [3.63, 3.8) is 0 Å². The Hall–Kier alpha value is -2.04. The molecule has 1 aromatic rings. The Bertz CT molecular complexity index is 431. The fraction of sp³-hybridized carbons (Fsp3) is 0.429. The lowest BCUT2D eigenvalue weighted by atomic mass is 10.1. The van der Waals surface area contributed by atoms with Crippen LogP contribution >= 0.6 is 0 Å². The topological polar surface area (TPSA) is 75.6 Å². The van der Waals surface area contributed by atoms with Gasteiger partial charge in [-0.2, -0.15) is 0 Å². The number of aliphatic carboxylic acids is 1. The zero-order chi connectivity index (χ0) is 14.1. The van der Waals surface area contributed by atoms with Crippen LogP contribution in [0.25, 0.3) is 0 Å². The number of hydrogen-bond donors (Lipinski definition) is 2. The molecule has 1 aromatic carbocycles. The summed E-state index contributed by atoms with van der Waals surface area (Å²) >= 11 is 0. The molecule has 0 bridgehead atoms. The molecule has 0 spiro atoms. The molecule has 0 aliphatic carbocycles. The van der Waals surface area contributed by atoms with Crippen LogP contribution in [0.5, 0.6) is 5.75 Å². The quantitative estimate of drug-likeness (QED) is 0.748. The molecule has 1 rings (SSSR count). The Morgan fingerprint density at radius 3 is 2.79 bits per heavy atom. The molecular weight excluding hydrogens is 246 g/mol. The first-order chi connectivity index (χ1) is 9.11. The van der Waals surface area contributed by atoms with E-state index in [4.69, 9.17) is 9.84 Å². The summed E-state index contributed by atoms with van der Waals surface area (Å²) in [5.74, 6) is -0.204. The van der Waals surface area contributed by atoms with Crippen molar-refractivity contribution in [1.29, 1.82) is 0 Å². The Labute approximate surface area is 112 Å². The summed E-state index contributed by atoms with van der Waals surface area (Å²) in [6, 6.07) is 7.73.